The Morgan fingerprint density at radius 2 is 1.66 bits per heavy atom. The molecule has 160 valence electrons. The number of carbonyl (C=O) groups excluding carboxylic acids is 2. The van der Waals surface area contributed by atoms with Crippen LogP contribution in [0.15, 0.2) is 85.1 Å². The van der Waals surface area contributed by atoms with Crippen molar-refractivity contribution in [3.63, 3.8) is 0 Å². The SMILES string of the molecule is CNC(=O)c1cccc(NC(=O)c2cn(-c3ccccc3)nc2-c2ccccc2OC)c1. The summed E-state index contributed by atoms with van der Waals surface area (Å²) in [6.45, 7) is 0. The van der Waals surface area contributed by atoms with Gasteiger partial charge >= 0.3 is 0 Å². The summed E-state index contributed by atoms with van der Waals surface area (Å²) >= 11 is 0. The van der Waals surface area contributed by atoms with Gasteiger partial charge in [0, 0.05) is 30.1 Å². The van der Waals surface area contributed by atoms with Crippen LogP contribution in [0.3, 0.4) is 0 Å². The van der Waals surface area contributed by atoms with Crippen molar-refractivity contribution in [3.8, 4) is 22.7 Å². The number of anilines is 1. The largest absolute Gasteiger partial charge is 0.496 e. The molecule has 0 aliphatic heterocycles. The summed E-state index contributed by atoms with van der Waals surface area (Å²) in [4.78, 5) is 25.2. The number of carbonyl (C=O) groups is 2. The van der Waals surface area contributed by atoms with Gasteiger partial charge in [0.05, 0.1) is 18.4 Å². The van der Waals surface area contributed by atoms with Crippen LogP contribution >= 0.6 is 0 Å². The summed E-state index contributed by atoms with van der Waals surface area (Å²) in [7, 11) is 3.14. The maximum atomic E-state index is 13.3. The molecule has 4 aromatic rings. The van der Waals surface area contributed by atoms with Crippen molar-refractivity contribution in [2.24, 2.45) is 0 Å². The van der Waals surface area contributed by atoms with Crippen molar-refractivity contribution in [1.82, 2.24) is 15.1 Å². The lowest BCUT2D eigenvalue weighted by molar-refractivity contribution is 0.0961. The number of amides is 2. The topological polar surface area (TPSA) is 85.3 Å². The molecular formula is C25H22N4O3. The van der Waals surface area contributed by atoms with E-state index in [-0.39, 0.29) is 11.8 Å². The third kappa shape index (κ3) is 4.22. The number of rotatable bonds is 6. The summed E-state index contributed by atoms with van der Waals surface area (Å²) in [5.41, 5.74) is 3.36. The third-order valence-corrected chi connectivity index (χ3v) is 4.95. The van der Waals surface area contributed by atoms with Crippen LogP contribution in [0.1, 0.15) is 20.7 Å². The number of hydrogen-bond donors (Lipinski definition) is 2. The molecule has 7 nitrogen and oxygen atoms in total. The first-order valence-electron chi connectivity index (χ1n) is 10.0. The molecule has 2 amide bonds. The Kier molecular flexibility index (Phi) is 5.98. The molecule has 1 aromatic heterocycles. The first kappa shape index (κ1) is 20.9. The Hall–Kier alpha value is -4.39. The zero-order valence-corrected chi connectivity index (χ0v) is 17.7. The molecule has 32 heavy (non-hydrogen) atoms. The van der Waals surface area contributed by atoms with Gasteiger partial charge in [0.2, 0.25) is 0 Å². The lowest BCUT2D eigenvalue weighted by atomic mass is 10.1. The smallest absolute Gasteiger partial charge is 0.259 e. The Labute approximate surface area is 185 Å². The molecule has 2 N–H and O–H groups in total. The van der Waals surface area contributed by atoms with Gasteiger partial charge in [-0.05, 0) is 42.5 Å². The second-order valence-corrected chi connectivity index (χ2v) is 6.99. The van der Waals surface area contributed by atoms with Crippen LogP contribution in [0.25, 0.3) is 16.9 Å². The fraction of sp³-hybridized carbons (Fsp3) is 0.0800. The van der Waals surface area contributed by atoms with E-state index in [4.69, 9.17) is 9.84 Å². The Balaban J connectivity index is 1.76. The van der Waals surface area contributed by atoms with Crippen molar-refractivity contribution >= 4 is 17.5 Å². The Morgan fingerprint density at radius 3 is 2.41 bits per heavy atom. The molecule has 0 radical (unpaired) electrons. The van der Waals surface area contributed by atoms with E-state index in [1.165, 1.54) is 0 Å². The summed E-state index contributed by atoms with van der Waals surface area (Å²) in [5.74, 6) is 0.0383. The molecule has 0 aliphatic rings. The van der Waals surface area contributed by atoms with E-state index in [2.05, 4.69) is 10.6 Å². The number of hydrogen-bond acceptors (Lipinski definition) is 4. The average Bonchev–Trinajstić information content (AvgIpc) is 3.30. The number of benzene rings is 3. The van der Waals surface area contributed by atoms with Gasteiger partial charge in [-0.15, -0.1) is 0 Å². The van der Waals surface area contributed by atoms with Crippen molar-refractivity contribution in [1.29, 1.82) is 0 Å². The molecule has 0 saturated heterocycles. The highest BCUT2D eigenvalue weighted by molar-refractivity contribution is 6.09. The second kappa shape index (κ2) is 9.18. The number of aromatic nitrogens is 2. The van der Waals surface area contributed by atoms with Crippen LogP contribution in [-0.4, -0.2) is 35.8 Å². The Morgan fingerprint density at radius 1 is 0.906 bits per heavy atom. The van der Waals surface area contributed by atoms with Crippen LogP contribution < -0.4 is 15.4 Å². The number of methoxy groups -OCH3 is 1. The summed E-state index contributed by atoms with van der Waals surface area (Å²) < 4.78 is 7.16. The highest BCUT2D eigenvalue weighted by Crippen LogP contribution is 2.32. The van der Waals surface area contributed by atoms with Crippen molar-refractivity contribution in [2.75, 3.05) is 19.5 Å². The number of nitrogens with one attached hydrogen (secondary N) is 2. The first-order chi connectivity index (χ1) is 15.6. The van der Waals surface area contributed by atoms with Crippen LogP contribution in [-0.2, 0) is 0 Å². The van der Waals surface area contributed by atoms with Crippen LogP contribution in [0.2, 0.25) is 0 Å². The molecule has 3 aromatic carbocycles. The van der Waals surface area contributed by atoms with E-state index < -0.39 is 0 Å². The zero-order valence-electron chi connectivity index (χ0n) is 17.7. The lowest BCUT2D eigenvalue weighted by Crippen LogP contribution is -2.18. The van der Waals surface area contributed by atoms with Gasteiger partial charge in [0.15, 0.2) is 0 Å². The standard InChI is InChI=1S/C25H22N4O3/c1-26-24(30)17-9-8-10-18(15-17)27-25(31)21-16-29(19-11-4-3-5-12-19)28-23(21)20-13-6-7-14-22(20)32-2/h3-16H,1-2H3,(H,26,30)(H,27,31). The van der Waals surface area contributed by atoms with Gasteiger partial charge < -0.3 is 15.4 Å². The predicted molar refractivity (Wildman–Crippen MR) is 123 cm³/mol. The summed E-state index contributed by atoms with van der Waals surface area (Å²) in [6, 6.07) is 23.7. The highest BCUT2D eigenvalue weighted by Gasteiger charge is 2.21. The van der Waals surface area contributed by atoms with Gasteiger partial charge in [-0.2, -0.15) is 5.10 Å². The molecule has 1 heterocycles. The summed E-state index contributed by atoms with van der Waals surface area (Å²) in [5, 5.41) is 10.1. The molecule has 0 fully saturated rings. The normalized spacial score (nSPS) is 10.4. The number of nitrogens with zero attached hydrogens (tertiary/aromatic N) is 2. The van der Waals surface area contributed by atoms with Gasteiger partial charge in [-0.25, -0.2) is 4.68 Å². The van der Waals surface area contributed by atoms with Crippen LogP contribution in [0.5, 0.6) is 5.75 Å². The van der Waals surface area contributed by atoms with E-state index in [1.54, 1.807) is 49.3 Å². The van der Waals surface area contributed by atoms with Gasteiger partial charge in [0.1, 0.15) is 11.4 Å². The molecule has 0 spiro atoms. The van der Waals surface area contributed by atoms with Crippen molar-refractivity contribution in [3.05, 3.63) is 96.2 Å². The molecule has 0 saturated carbocycles. The molecule has 0 bridgehead atoms. The third-order valence-electron chi connectivity index (χ3n) is 4.95. The number of ether oxygens (including phenoxy) is 1. The van der Waals surface area contributed by atoms with E-state index in [0.717, 1.165) is 5.69 Å². The molecular weight excluding hydrogens is 404 g/mol. The predicted octanol–water partition coefficient (Wildman–Crippen LogP) is 4.16. The monoisotopic (exact) mass is 426 g/mol. The molecule has 7 heteroatoms. The minimum Gasteiger partial charge on any atom is -0.496 e. The summed E-state index contributed by atoms with van der Waals surface area (Å²) in [6.07, 6.45) is 1.69. The maximum absolute atomic E-state index is 13.3. The fourth-order valence-corrected chi connectivity index (χ4v) is 3.37. The molecule has 4 rings (SSSR count). The molecule has 0 atom stereocenters. The quantitative estimate of drug-likeness (QED) is 0.485. The van der Waals surface area contributed by atoms with Gasteiger partial charge in [0.25, 0.3) is 11.8 Å². The molecule has 0 aliphatic carbocycles. The minimum absolute atomic E-state index is 0.229. The highest BCUT2D eigenvalue weighted by atomic mass is 16.5. The fourth-order valence-electron chi connectivity index (χ4n) is 3.37. The van der Waals surface area contributed by atoms with Gasteiger partial charge in [-0.1, -0.05) is 36.4 Å². The van der Waals surface area contributed by atoms with E-state index in [0.29, 0.717) is 33.8 Å². The lowest BCUT2D eigenvalue weighted by Gasteiger charge is -2.09. The van der Waals surface area contributed by atoms with E-state index in [1.807, 2.05) is 54.6 Å². The maximum Gasteiger partial charge on any atom is 0.259 e. The zero-order chi connectivity index (χ0) is 22.5. The van der Waals surface area contributed by atoms with Crippen molar-refractivity contribution < 1.29 is 14.3 Å². The minimum atomic E-state index is -0.345. The van der Waals surface area contributed by atoms with Crippen LogP contribution in [0.4, 0.5) is 5.69 Å². The second-order valence-electron chi connectivity index (χ2n) is 6.99. The van der Waals surface area contributed by atoms with E-state index in [9.17, 15) is 9.59 Å². The van der Waals surface area contributed by atoms with Gasteiger partial charge in [-0.3, -0.25) is 9.59 Å². The van der Waals surface area contributed by atoms with Crippen LogP contribution in [0, 0.1) is 0 Å². The van der Waals surface area contributed by atoms with Crippen molar-refractivity contribution in [2.45, 2.75) is 0 Å². The first-order valence-corrected chi connectivity index (χ1v) is 10.0. The molecule has 0 unspecified atom stereocenters. The van der Waals surface area contributed by atoms with E-state index >= 15 is 0 Å². The number of para-hydroxylation sites is 2. The Bertz CT molecular complexity index is 1270. The average molecular weight is 426 g/mol.